The predicted octanol–water partition coefficient (Wildman–Crippen LogP) is 3.06. The lowest BCUT2D eigenvalue weighted by atomic mass is 10.1. The molecule has 0 saturated heterocycles. The van der Waals surface area contributed by atoms with Gasteiger partial charge in [0.2, 0.25) is 0 Å². The molecule has 1 aromatic heterocycles. The number of ketones is 1. The molecule has 0 atom stereocenters. The molecule has 0 saturated carbocycles. The SMILES string of the molecule is O=C1c2ccncc2-c2cccc(Br)c21. The van der Waals surface area contributed by atoms with Gasteiger partial charge in [0.1, 0.15) is 0 Å². The van der Waals surface area contributed by atoms with E-state index in [4.69, 9.17) is 0 Å². The molecular formula is C12H6BrNO. The molecule has 15 heavy (non-hydrogen) atoms. The average Bonchev–Trinajstić information content (AvgIpc) is 2.55. The Balaban J connectivity index is 2.43. The van der Waals surface area contributed by atoms with Gasteiger partial charge in [0.25, 0.3) is 0 Å². The molecule has 1 heterocycles. The number of nitrogens with zero attached hydrogens (tertiary/aromatic N) is 1. The number of rotatable bonds is 0. The van der Waals surface area contributed by atoms with Crippen LogP contribution < -0.4 is 0 Å². The Bertz CT molecular complexity index is 578. The second-order valence-corrected chi connectivity index (χ2v) is 4.27. The van der Waals surface area contributed by atoms with Crippen molar-refractivity contribution in [3.05, 3.63) is 52.3 Å². The summed E-state index contributed by atoms with van der Waals surface area (Å²) in [6.45, 7) is 0. The molecule has 0 N–H and O–H groups in total. The first-order valence-corrected chi connectivity index (χ1v) is 5.36. The Hall–Kier alpha value is -1.48. The minimum atomic E-state index is 0.0786. The quantitative estimate of drug-likeness (QED) is 0.621. The minimum Gasteiger partial charge on any atom is -0.289 e. The number of hydrogen-bond donors (Lipinski definition) is 0. The summed E-state index contributed by atoms with van der Waals surface area (Å²) in [5, 5.41) is 0. The van der Waals surface area contributed by atoms with Crippen molar-refractivity contribution in [1.82, 2.24) is 4.98 Å². The van der Waals surface area contributed by atoms with Gasteiger partial charge in [-0.1, -0.05) is 28.1 Å². The normalized spacial score (nSPS) is 12.5. The molecular weight excluding hydrogens is 254 g/mol. The fourth-order valence-electron chi connectivity index (χ4n) is 1.92. The number of fused-ring (bicyclic) bond motifs is 3. The smallest absolute Gasteiger partial charge is 0.195 e. The molecule has 0 spiro atoms. The fourth-order valence-corrected chi connectivity index (χ4v) is 2.47. The van der Waals surface area contributed by atoms with Gasteiger partial charge in [0.05, 0.1) is 0 Å². The summed E-state index contributed by atoms with van der Waals surface area (Å²) in [4.78, 5) is 16.1. The van der Waals surface area contributed by atoms with E-state index in [2.05, 4.69) is 20.9 Å². The minimum absolute atomic E-state index is 0.0786. The summed E-state index contributed by atoms with van der Waals surface area (Å²) in [6.07, 6.45) is 3.39. The van der Waals surface area contributed by atoms with Gasteiger partial charge in [-0.15, -0.1) is 0 Å². The van der Waals surface area contributed by atoms with Crippen LogP contribution in [0.5, 0.6) is 0 Å². The van der Waals surface area contributed by atoms with Crippen LogP contribution in [-0.2, 0) is 0 Å². The van der Waals surface area contributed by atoms with Gasteiger partial charge in [-0.05, 0) is 17.7 Å². The average molecular weight is 260 g/mol. The first-order chi connectivity index (χ1) is 7.29. The van der Waals surface area contributed by atoms with Crippen molar-refractivity contribution in [3.63, 3.8) is 0 Å². The fraction of sp³-hybridized carbons (Fsp3) is 0. The summed E-state index contributed by atoms with van der Waals surface area (Å²) in [5.74, 6) is 0.0786. The van der Waals surface area contributed by atoms with Crippen molar-refractivity contribution in [2.75, 3.05) is 0 Å². The number of carbonyl (C=O) groups excluding carboxylic acids is 1. The van der Waals surface area contributed by atoms with Crippen molar-refractivity contribution < 1.29 is 4.79 Å². The zero-order valence-electron chi connectivity index (χ0n) is 7.70. The molecule has 0 unspecified atom stereocenters. The second kappa shape index (κ2) is 3.00. The van der Waals surface area contributed by atoms with E-state index in [-0.39, 0.29) is 5.78 Å². The van der Waals surface area contributed by atoms with Gasteiger partial charge >= 0.3 is 0 Å². The van der Waals surface area contributed by atoms with E-state index in [1.54, 1.807) is 18.5 Å². The molecule has 0 aliphatic heterocycles. The van der Waals surface area contributed by atoms with Crippen LogP contribution in [0.1, 0.15) is 15.9 Å². The molecule has 3 heteroatoms. The molecule has 0 fully saturated rings. The Morgan fingerprint density at radius 1 is 1.07 bits per heavy atom. The second-order valence-electron chi connectivity index (χ2n) is 3.41. The maximum Gasteiger partial charge on any atom is 0.195 e. The van der Waals surface area contributed by atoms with Gasteiger partial charge in [-0.3, -0.25) is 9.78 Å². The largest absolute Gasteiger partial charge is 0.289 e. The lowest BCUT2D eigenvalue weighted by Crippen LogP contribution is -1.95. The Labute approximate surface area is 95.1 Å². The van der Waals surface area contributed by atoms with Crippen LogP contribution in [0.4, 0.5) is 0 Å². The number of halogens is 1. The molecule has 2 aromatic rings. The Morgan fingerprint density at radius 3 is 2.80 bits per heavy atom. The zero-order chi connectivity index (χ0) is 10.4. The third-order valence-electron chi connectivity index (χ3n) is 2.60. The molecule has 2 nitrogen and oxygen atoms in total. The summed E-state index contributed by atoms with van der Waals surface area (Å²) in [6, 6.07) is 7.53. The van der Waals surface area contributed by atoms with E-state index in [0.717, 1.165) is 26.7 Å². The van der Waals surface area contributed by atoms with Crippen molar-refractivity contribution in [1.29, 1.82) is 0 Å². The van der Waals surface area contributed by atoms with Crippen LogP contribution in [0.3, 0.4) is 0 Å². The molecule has 1 aliphatic rings. The van der Waals surface area contributed by atoms with Crippen molar-refractivity contribution in [3.8, 4) is 11.1 Å². The molecule has 1 aromatic carbocycles. The lowest BCUT2D eigenvalue weighted by molar-refractivity contribution is 0.104. The highest BCUT2D eigenvalue weighted by Gasteiger charge is 2.28. The van der Waals surface area contributed by atoms with E-state index in [0.29, 0.717) is 0 Å². The molecule has 3 rings (SSSR count). The molecule has 0 amide bonds. The number of benzene rings is 1. The van der Waals surface area contributed by atoms with Crippen molar-refractivity contribution in [2.24, 2.45) is 0 Å². The van der Waals surface area contributed by atoms with Crippen molar-refractivity contribution >= 4 is 21.7 Å². The van der Waals surface area contributed by atoms with E-state index < -0.39 is 0 Å². The van der Waals surface area contributed by atoms with Crippen LogP contribution in [0, 0.1) is 0 Å². The van der Waals surface area contributed by atoms with Gasteiger partial charge in [-0.25, -0.2) is 0 Å². The van der Waals surface area contributed by atoms with Gasteiger partial charge in [-0.2, -0.15) is 0 Å². The first kappa shape index (κ1) is 8.80. The highest BCUT2D eigenvalue weighted by atomic mass is 79.9. The Morgan fingerprint density at radius 2 is 1.93 bits per heavy atom. The third-order valence-corrected chi connectivity index (χ3v) is 3.26. The van der Waals surface area contributed by atoms with Crippen LogP contribution >= 0.6 is 15.9 Å². The third kappa shape index (κ3) is 1.10. The lowest BCUT2D eigenvalue weighted by Gasteiger charge is -1.99. The molecule has 0 bridgehead atoms. The highest BCUT2D eigenvalue weighted by Crippen LogP contribution is 2.39. The molecule has 1 aliphatic carbocycles. The number of aromatic nitrogens is 1. The van der Waals surface area contributed by atoms with E-state index >= 15 is 0 Å². The first-order valence-electron chi connectivity index (χ1n) is 4.56. The summed E-state index contributed by atoms with van der Waals surface area (Å²) < 4.78 is 0.848. The molecule has 0 radical (unpaired) electrons. The van der Waals surface area contributed by atoms with Crippen LogP contribution in [-0.4, -0.2) is 10.8 Å². The van der Waals surface area contributed by atoms with Crippen LogP contribution in [0.2, 0.25) is 0 Å². The number of pyridine rings is 1. The maximum absolute atomic E-state index is 12.1. The van der Waals surface area contributed by atoms with Crippen LogP contribution in [0.25, 0.3) is 11.1 Å². The number of carbonyl (C=O) groups is 1. The highest BCUT2D eigenvalue weighted by molar-refractivity contribution is 9.10. The van der Waals surface area contributed by atoms with E-state index in [9.17, 15) is 4.79 Å². The van der Waals surface area contributed by atoms with Crippen LogP contribution in [0.15, 0.2) is 41.1 Å². The standard InChI is InChI=1S/C12H6BrNO/c13-10-3-1-2-7-9-6-14-5-4-8(9)12(15)11(7)10/h1-6H. The summed E-state index contributed by atoms with van der Waals surface area (Å²) >= 11 is 3.41. The van der Waals surface area contributed by atoms with E-state index in [1.807, 2.05) is 18.2 Å². The topological polar surface area (TPSA) is 30.0 Å². The maximum atomic E-state index is 12.1. The number of hydrogen-bond acceptors (Lipinski definition) is 2. The van der Waals surface area contributed by atoms with Gasteiger partial charge in [0.15, 0.2) is 5.78 Å². The predicted molar refractivity (Wildman–Crippen MR) is 60.8 cm³/mol. The van der Waals surface area contributed by atoms with Crippen molar-refractivity contribution in [2.45, 2.75) is 0 Å². The Kier molecular flexibility index (Phi) is 1.76. The van der Waals surface area contributed by atoms with E-state index in [1.165, 1.54) is 0 Å². The zero-order valence-corrected chi connectivity index (χ0v) is 9.28. The molecule has 72 valence electrons. The monoisotopic (exact) mass is 259 g/mol. The summed E-state index contributed by atoms with van der Waals surface area (Å²) in [5.41, 5.74) is 3.39. The summed E-state index contributed by atoms with van der Waals surface area (Å²) in [7, 11) is 0. The van der Waals surface area contributed by atoms with Gasteiger partial charge in [0, 0.05) is 33.6 Å². The van der Waals surface area contributed by atoms with Gasteiger partial charge < -0.3 is 0 Å².